The molecule has 0 radical (unpaired) electrons. The van der Waals surface area contributed by atoms with E-state index < -0.39 is 14.6 Å². The minimum atomic E-state index is -3.86. The van der Waals surface area contributed by atoms with Crippen molar-refractivity contribution in [2.75, 3.05) is 7.05 Å². The van der Waals surface area contributed by atoms with Crippen molar-refractivity contribution in [1.82, 2.24) is 14.9 Å². The summed E-state index contributed by atoms with van der Waals surface area (Å²) in [5, 5.41) is 0.456. The average molecular weight is 432 g/mol. The molecule has 0 atom stereocenters. The number of rotatable bonds is 5. The fourth-order valence-corrected chi connectivity index (χ4v) is 6.39. The van der Waals surface area contributed by atoms with Gasteiger partial charge in [-0.15, -0.1) is 0 Å². The second kappa shape index (κ2) is 7.46. The summed E-state index contributed by atoms with van der Waals surface area (Å²) >= 11 is 5.91. The highest BCUT2D eigenvalue weighted by molar-refractivity contribution is 7.93. The minimum absolute atomic E-state index is 0.134. The zero-order chi connectivity index (χ0) is 20.6. The van der Waals surface area contributed by atoms with Crippen molar-refractivity contribution < 1.29 is 13.2 Å². The Morgan fingerprint density at radius 3 is 2.45 bits per heavy atom. The molecule has 1 fully saturated rings. The van der Waals surface area contributed by atoms with Crippen LogP contribution in [0.25, 0.3) is 11.0 Å². The molecular weight excluding hydrogens is 410 g/mol. The van der Waals surface area contributed by atoms with Crippen LogP contribution in [0.15, 0.2) is 53.4 Å². The van der Waals surface area contributed by atoms with E-state index in [0.29, 0.717) is 36.5 Å². The van der Waals surface area contributed by atoms with E-state index in [4.69, 9.17) is 11.6 Å². The first-order valence-corrected chi connectivity index (χ1v) is 11.4. The molecule has 0 spiro atoms. The van der Waals surface area contributed by atoms with Crippen molar-refractivity contribution in [3.63, 3.8) is 0 Å². The van der Waals surface area contributed by atoms with Crippen molar-refractivity contribution in [3.05, 3.63) is 59.4 Å². The topological polar surface area (TPSA) is 83.1 Å². The van der Waals surface area contributed by atoms with Crippen LogP contribution >= 0.6 is 11.6 Å². The van der Waals surface area contributed by atoms with Gasteiger partial charge in [-0.1, -0.05) is 36.6 Å². The number of hydrogen-bond acceptors (Lipinski definition) is 4. The summed E-state index contributed by atoms with van der Waals surface area (Å²) in [6.45, 7) is 0.214. The number of amides is 1. The molecule has 8 heteroatoms. The molecule has 0 aliphatic heterocycles. The van der Waals surface area contributed by atoms with Gasteiger partial charge in [0.05, 0.1) is 22.5 Å². The van der Waals surface area contributed by atoms with Crippen LogP contribution in [0.3, 0.4) is 0 Å². The Labute approximate surface area is 174 Å². The molecule has 1 aromatic heterocycles. The second-order valence-corrected chi connectivity index (χ2v) is 10.2. The molecule has 1 saturated carbocycles. The van der Waals surface area contributed by atoms with E-state index in [1.165, 1.54) is 17.0 Å². The Kier molecular flexibility index (Phi) is 5.12. The van der Waals surface area contributed by atoms with Crippen molar-refractivity contribution in [2.45, 2.75) is 41.9 Å². The van der Waals surface area contributed by atoms with Gasteiger partial charge in [0.15, 0.2) is 14.6 Å². The minimum Gasteiger partial charge on any atom is -0.340 e. The SMILES string of the molecule is CN(Cc1nc2ccccc2[nH]1)C(=O)C1(S(=O)(=O)c2ccc(Cl)cc2)CCCC1. The zero-order valence-corrected chi connectivity index (χ0v) is 17.6. The molecule has 1 N–H and O–H groups in total. The van der Waals surface area contributed by atoms with Crippen molar-refractivity contribution in [2.24, 2.45) is 0 Å². The summed E-state index contributed by atoms with van der Waals surface area (Å²) in [5.41, 5.74) is 1.69. The third kappa shape index (κ3) is 3.42. The first kappa shape index (κ1) is 19.9. The fourth-order valence-electron chi connectivity index (χ4n) is 4.11. The molecule has 1 aliphatic rings. The monoisotopic (exact) mass is 431 g/mol. The van der Waals surface area contributed by atoms with Gasteiger partial charge in [-0.2, -0.15) is 0 Å². The van der Waals surface area contributed by atoms with Crippen LogP contribution in [-0.2, 0) is 21.2 Å². The highest BCUT2D eigenvalue weighted by Crippen LogP contribution is 2.42. The lowest BCUT2D eigenvalue weighted by molar-refractivity contribution is -0.133. The van der Waals surface area contributed by atoms with Crippen LogP contribution in [0.4, 0.5) is 0 Å². The smallest absolute Gasteiger partial charge is 0.244 e. The molecular formula is C21H22ClN3O3S. The molecule has 4 rings (SSSR count). The number of aromatic amines is 1. The van der Waals surface area contributed by atoms with E-state index >= 15 is 0 Å². The number of para-hydroxylation sites is 2. The van der Waals surface area contributed by atoms with E-state index in [-0.39, 0.29) is 17.3 Å². The predicted molar refractivity (Wildman–Crippen MR) is 112 cm³/mol. The van der Waals surface area contributed by atoms with Gasteiger partial charge in [0.2, 0.25) is 5.91 Å². The lowest BCUT2D eigenvalue weighted by atomic mass is 10.1. The fraction of sp³-hybridized carbons (Fsp3) is 0.333. The Bertz CT molecular complexity index is 1120. The molecule has 0 saturated heterocycles. The number of halogens is 1. The lowest BCUT2D eigenvalue weighted by Gasteiger charge is -2.31. The van der Waals surface area contributed by atoms with Crippen LogP contribution in [0.1, 0.15) is 31.5 Å². The van der Waals surface area contributed by atoms with Gasteiger partial charge in [-0.05, 0) is 49.2 Å². The highest BCUT2D eigenvalue weighted by Gasteiger charge is 2.54. The van der Waals surface area contributed by atoms with Gasteiger partial charge >= 0.3 is 0 Å². The van der Waals surface area contributed by atoms with E-state index in [2.05, 4.69) is 9.97 Å². The molecule has 2 aromatic carbocycles. The van der Waals surface area contributed by atoms with Crippen LogP contribution < -0.4 is 0 Å². The maximum Gasteiger partial charge on any atom is 0.244 e. The zero-order valence-electron chi connectivity index (χ0n) is 16.1. The average Bonchev–Trinajstić information content (AvgIpc) is 3.35. The first-order valence-electron chi connectivity index (χ1n) is 9.53. The molecule has 6 nitrogen and oxygen atoms in total. The Balaban J connectivity index is 1.65. The molecule has 29 heavy (non-hydrogen) atoms. The molecule has 1 aliphatic carbocycles. The van der Waals surface area contributed by atoms with Gasteiger partial charge in [0.25, 0.3) is 0 Å². The van der Waals surface area contributed by atoms with Crippen LogP contribution in [-0.4, -0.2) is 41.0 Å². The van der Waals surface area contributed by atoms with Gasteiger partial charge in [0.1, 0.15) is 5.82 Å². The number of nitrogens with one attached hydrogen (secondary N) is 1. The summed E-state index contributed by atoms with van der Waals surface area (Å²) in [4.78, 5) is 22.7. The van der Waals surface area contributed by atoms with E-state index in [1.54, 1.807) is 19.2 Å². The van der Waals surface area contributed by atoms with Gasteiger partial charge in [-0.3, -0.25) is 4.79 Å². The molecule has 0 bridgehead atoms. The standard InChI is InChI=1S/C21H22ClN3O3S/c1-25(14-19-23-17-6-2-3-7-18(17)24-19)20(26)21(12-4-5-13-21)29(27,28)16-10-8-15(22)9-11-16/h2-3,6-11H,4-5,12-14H2,1H3,(H,23,24). The number of carbonyl (C=O) groups excluding carboxylic acids is 1. The predicted octanol–water partition coefficient (Wildman–Crippen LogP) is 3.96. The number of benzene rings is 2. The van der Waals surface area contributed by atoms with Crippen molar-refractivity contribution in [1.29, 1.82) is 0 Å². The van der Waals surface area contributed by atoms with Gasteiger partial charge in [0, 0.05) is 12.1 Å². The quantitative estimate of drug-likeness (QED) is 0.662. The summed E-state index contributed by atoms with van der Waals surface area (Å²) in [5.74, 6) is 0.240. The summed E-state index contributed by atoms with van der Waals surface area (Å²) < 4.78 is 25.5. The van der Waals surface area contributed by atoms with Gasteiger partial charge < -0.3 is 9.88 Å². The van der Waals surface area contributed by atoms with Crippen molar-refractivity contribution >= 4 is 38.4 Å². The maximum atomic E-state index is 13.5. The molecule has 1 amide bonds. The Hall–Kier alpha value is -2.38. The third-order valence-electron chi connectivity index (χ3n) is 5.61. The summed E-state index contributed by atoms with van der Waals surface area (Å²) in [7, 11) is -2.23. The Morgan fingerprint density at radius 2 is 1.79 bits per heavy atom. The Morgan fingerprint density at radius 1 is 1.14 bits per heavy atom. The largest absolute Gasteiger partial charge is 0.340 e. The molecule has 0 unspecified atom stereocenters. The number of H-pyrrole nitrogens is 1. The molecule has 3 aromatic rings. The first-order chi connectivity index (χ1) is 13.8. The second-order valence-electron chi connectivity index (χ2n) is 7.52. The van der Waals surface area contributed by atoms with Crippen LogP contribution in [0.2, 0.25) is 5.02 Å². The number of nitrogens with zero attached hydrogens (tertiary/aromatic N) is 2. The van der Waals surface area contributed by atoms with E-state index in [1.807, 2.05) is 24.3 Å². The lowest BCUT2D eigenvalue weighted by Crippen LogP contribution is -2.51. The number of hydrogen-bond donors (Lipinski definition) is 1. The van der Waals surface area contributed by atoms with Crippen LogP contribution in [0, 0.1) is 0 Å². The maximum absolute atomic E-state index is 13.5. The molecule has 1 heterocycles. The number of imidazole rings is 1. The normalized spacial score (nSPS) is 16.2. The molecule has 152 valence electrons. The number of aromatic nitrogens is 2. The van der Waals surface area contributed by atoms with E-state index in [0.717, 1.165) is 11.0 Å². The third-order valence-corrected chi connectivity index (χ3v) is 8.37. The number of carbonyl (C=O) groups is 1. The number of sulfone groups is 1. The number of fused-ring (bicyclic) bond motifs is 1. The summed E-state index contributed by atoms with van der Waals surface area (Å²) in [6, 6.07) is 13.6. The summed E-state index contributed by atoms with van der Waals surface area (Å²) in [6.07, 6.45) is 2.05. The highest BCUT2D eigenvalue weighted by atomic mass is 35.5. The van der Waals surface area contributed by atoms with Crippen LogP contribution in [0.5, 0.6) is 0 Å². The van der Waals surface area contributed by atoms with Crippen molar-refractivity contribution in [3.8, 4) is 0 Å². The van der Waals surface area contributed by atoms with E-state index in [9.17, 15) is 13.2 Å². The van der Waals surface area contributed by atoms with Gasteiger partial charge in [-0.25, -0.2) is 13.4 Å².